The number of rotatable bonds is 14. The van der Waals surface area contributed by atoms with Gasteiger partial charge in [-0.3, -0.25) is 13.9 Å². The molecule has 0 saturated heterocycles. The number of sulfonamides is 1. The van der Waals surface area contributed by atoms with Crippen LogP contribution in [0.3, 0.4) is 0 Å². The second-order valence-electron chi connectivity index (χ2n) is 11.0. The van der Waals surface area contributed by atoms with Gasteiger partial charge in [-0.2, -0.15) is 0 Å². The van der Waals surface area contributed by atoms with Gasteiger partial charge in [-0.05, 0) is 67.8 Å². The number of anilines is 1. The summed E-state index contributed by atoms with van der Waals surface area (Å²) < 4.78 is 34.6. The van der Waals surface area contributed by atoms with Gasteiger partial charge in [0.05, 0.1) is 17.7 Å². The third kappa shape index (κ3) is 8.73. The number of nitrogens with one attached hydrogen (secondary N) is 1. The molecule has 2 amide bonds. The number of benzene rings is 4. The van der Waals surface area contributed by atoms with Crippen LogP contribution in [0.25, 0.3) is 0 Å². The summed E-state index contributed by atoms with van der Waals surface area (Å²) in [6.45, 7) is 5.91. The van der Waals surface area contributed by atoms with Crippen LogP contribution in [0.1, 0.15) is 35.6 Å². The highest BCUT2D eigenvalue weighted by molar-refractivity contribution is 7.92. The quantitative estimate of drug-likeness (QED) is 0.194. The highest BCUT2D eigenvalue weighted by atomic mass is 32.2. The molecule has 0 fully saturated rings. The number of carbonyl (C=O) groups excluding carboxylic acids is 2. The predicted molar refractivity (Wildman–Crippen MR) is 178 cm³/mol. The SMILES string of the molecule is CCCNC(=O)C(Cc1ccccc1)N(Cc1cccc(C)c1)C(=O)CN(c1ccc(C)cc1)S(=O)(=O)c1ccc(OC)cc1. The van der Waals surface area contributed by atoms with Crippen molar-refractivity contribution < 1.29 is 22.7 Å². The van der Waals surface area contributed by atoms with E-state index in [0.717, 1.165) is 33.0 Å². The molecule has 0 aliphatic rings. The molecular weight excluding hydrogens is 586 g/mol. The van der Waals surface area contributed by atoms with Crippen LogP contribution in [0.4, 0.5) is 5.69 Å². The van der Waals surface area contributed by atoms with E-state index >= 15 is 0 Å². The molecule has 0 radical (unpaired) electrons. The first kappa shape index (κ1) is 33.3. The Bertz CT molecular complexity index is 1670. The molecule has 45 heavy (non-hydrogen) atoms. The molecule has 4 rings (SSSR count). The molecule has 236 valence electrons. The lowest BCUT2D eigenvalue weighted by Crippen LogP contribution is -2.53. The van der Waals surface area contributed by atoms with E-state index in [4.69, 9.17) is 4.74 Å². The van der Waals surface area contributed by atoms with Crippen LogP contribution in [0.5, 0.6) is 5.75 Å². The largest absolute Gasteiger partial charge is 0.497 e. The summed E-state index contributed by atoms with van der Waals surface area (Å²) in [4.78, 5) is 29.8. The van der Waals surface area contributed by atoms with E-state index in [1.165, 1.54) is 24.1 Å². The summed E-state index contributed by atoms with van der Waals surface area (Å²) in [5.41, 5.74) is 4.03. The Morgan fingerprint density at radius 1 is 0.822 bits per heavy atom. The van der Waals surface area contributed by atoms with E-state index in [1.807, 2.05) is 75.4 Å². The molecule has 0 aliphatic heterocycles. The molecule has 1 atom stereocenters. The molecule has 4 aromatic carbocycles. The van der Waals surface area contributed by atoms with Crippen molar-refractivity contribution in [2.45, 2.75) is 51.1 Å². The lowest BCUT2D eigenvalue weighted by atomic mass is 10.0. The molecule has 0 bridgehead atoms. The third-order valence-electron chi connectivity index (χ3n) is 7.50. The van der Waals surface area contributed by atoms with Crippen molar-refractivity contribution in [1.29, 1.82) is 0 Å². The normalized spacial score (nSPS) is 11.8. The van der Waals surface area contributed by atoms with Gasteiger partial charge in [-0.1, -0.05) is 84.8 Å². The van der Waals surface area contributed by atoms with Crippen LogP contribution in [0.15, 0.2) is 108 Å². The minimum absolute atomic E-state index is 0.0171. The van der Waals surface area contributed by atoms with Crippen molar-refractivity contribution in [3.63, 3.8) is 0 Å². The fourth-order valence-corrected chi connectivity index (χ4v) is 6.46. The Kier molecular flexibility index (Phi) is 11.4. The van der Waals surface area contributed by atoms with Gasteiger partial charge in [0.15, 0.2) is 0 Å². The van der Waals surface area contributed by atoms with Crippen LogP contribution in [0.2, 0.25) is 0 Å². The van der Waals surface area contributed by atoms with Crippen LogP contribution in [0, 0.1) is 13.8 Å². The predicted octanol–water partition coefficient (Wildman–Crippen LogP) is 5.67. The van der Waals surface area contributed by atoms with Crippen molar-refractivity contribution in [2.75, 3.05) is 24.5 Å². The first-order valence-corrected chi connectivity index (χ1v) is 16.5. The summed E-state index contributed by atoms with van der Waals surface area (Å²) in [6.07, 6.45) is 1.00. The molecular formula is C36H41N3O5S. The second-order valence-corrected chi connectivity index (χ2v) is 12.9. The summed E-state index contributed by atoms with van der Waals surface area (Å²) in [5, 5.41) is 2.97. The Morgan fingerprint density at radius 3 is 2.11 bits per heavy atom. The van der Waals surface area contributed by atoms with Crippen molar-refractivity contribution in [1.82, 2.24) is 10.2 Å². The van der Waals surface area contributed by atoms with E-state index in [0.29, 0.717) is 18.0 Å². The number of carbonyl (C=O) groups is 2. The first-order chi connectivity index (χ1) is 21.6. The number of hydrogen-bond donors (Lipinski definition) is 1. The van der Waals surface area contributed by atoms with Gasteiger partial charge in [0, 0.05) is 19.5 Å². The maximum Gasteiger partial charge on any atom is 0.264 e. The summed E-state index contributed by atoms with van der Waals surface area (Å²) in [6, 6.07) is 29.4. The smallest absolute Gasteiger partial charge is 0.264 e. The Labute approximate surface area is 266 Å². The zero-order valence-electron chi connectivity index (χ0n) is 26.3. The Hall–Kier alpha value is -4.63. The minimum Gasteiger partial charge on any atom is -0.497 e. The molecule has 0 aliphatic carbocycles. The van der Waals surface area contributed by atoms with Crippen molar-refractivity contribution in [3.8, 4) is 5.75 Å². The summed E-state index contributed by atoms with van der Waals surface area (Å²) in [5.74, 6) is -0.276. The van der Waals surface area contributed by atoms with Crippen LogP contribution in [-0.2, 0) is 32.6 Å². The van der Waals surface area contributed by atoms with Crippen molar-refractivity contribution >= 4 is 27.5 Å². The maximum atomic E-state index is 14.5. The minimum atomic E-state index is -4.19. The maximum absolute atomic E-state index is 14.5. The summed E-state index contributed by atoms with van der Waals surface area (Å²) in [7, 11) is -2.68. The molecule has 4 aromatic rings. The lowest BCUT2D eigenvalue weighted by Gasteiger charge is -2.34. The fraction of sp³-hybridized carbons (Fsp3) is 0.278. The molecule has 8 nitrogen and oxygen atoms in total. The van der Waals surface area contributed by atoms with E-state index in [9.17, 15) is 18.0 Å². The van der Waals surface area contributed by atoms with Gasteiger partial charge in [0.25, 0.3) is 10.0 Å². The number of nitrogens with zero attached hydrogens (tertiary/aromatic N) is 2. The first-order valence-electron chi connectivity index (χ1n) is 15.0. The van der Waals surface area contributed by atoms with E-state index in [1.54, 1.807) is 36.4 Å². The van der Waals surface area contributed by atoms with E-state index < -0.39 is 28.5 Å². The Balaban J connectivity index is 1.79. The second kappa shape index (κ2) is 15.4. The van der Waals surface area contributed by atoms with Crippen LogP contribution in [-0.4, -0.2) is 51.4 Å². The van der Waals surface area contributed by atoms with Gasteiger partial charge in [0.2, 0.25) is 11.8 Å². The summed E-state index contributed by atoms with van der Waals surface area (Å²) >= 11 is 0. The topological polar surface area (TPSA) is 96.0 Å². The number of aryl methyl sites for hydroxylation is 2. The van der Waals surface area contributed by atoms with E-state index in [-0.39, 0.29) is 23.8 Å². The molecule has 9 heteroatoms. The number of ether oxygens (including phenoxy) is 1. The molecule has 0 aromatic heterocycles. The number of methoxy groups -OCH3 is 1. The lowest BCUT2D eigenvalue weighted by molar-refractivity contribution is -0.140. The zero-order chi connectivity index (χ0) is 32.4. The van der Waals surface area contributed by atoms with Gasteiger partial charge >= 0.3 is 0 Å². The monoisotopic (exact) mass is 627 g/mol. The van der Waals surface area contributed by atoms with Crippen LogP contribution >= 0.6 is 0 Å². The highest BCUT2D eigenvalue weighted by Gasteiger charge is 2.34. The van der Waals surface area contributed by atoms with Gasteiger partial charge in [-0.15, -0.1) is 0 Å². The van der Waals surface area contributed by atoms with E-state index in [2.05, 4.69) is 5.32 Å². The van der Waals surface area contributed by atoms with Gasteiger partial charge in [-0.25, -0.2) is 8.42 Å². The molecule has 1 unspecified atom stereocenters. The number of hydrogen-bond acceptors (Lipinski definition) is 5. The third-order valence-corrected chi connectivity index (χ3v) is 9.29. The van der Waals surface area contributed by atoms with Gasteiger partial charge in [0.1, 0.15) is 18.3 Å². The number of amides is 2. The van der Waals surface area contributed by atoms with Crippen LogP contribution < -0.4 is 14.4 Å². The average molecular weight is 628 g/mol. The van der Waals surface area contributed by atoms with Crippen molar-refractivity contribution in [2.24, 2.45) is 0 Å². The average Bonchev–Trinajstić information content (AvgIpc) is 3.05. The fourth-order valence-electron chi connectivity index (χ4n) is 5.04. The zero-order valence-corrected chi connectivity index (χ0v) is 27.1. The van der Waals surface area contributed by atoms with Crippen molar-refractivity contribution in [3.05, 3.63) is 125 Å². The molecule has 0 heterocycles. The Morgan fingerprint density at radius 2 is 1.49 bits per heavy atom. The molecule has 1 N–H and O–H groups in total. The highest BCUT2D eigenvalue weighted by Crippen LogP contribution is 2.27. The standard InChI is InChI=1S/C36H41N3O5S/c1-5-22-37-36(41)34(24-29-11-7-6-8-12-29)38(25-30-13-9-10-28(3)23-30)35(40)26-39(31-16-14-27(2)15-17-31)45(42,43)33-20-18-32(44-4)19-21-33/h6-21,23,34H,5,22,24-26H2,1-4H3,(H,37,41). The molecule has 0 saturated carbocycles. The molecule has 0 spiro atoms. The van der Waals surface area contributed by atoms with Gasteiger partial charge < -0.3 is 15.0 Å².